The molecule has 2 unspecified atom stereocenters. The first-order valence-electron chi connectivity index (χ1n) is 5.84. The van der Waals surface area contributed by atoms with Crippen molar-refractivity contribution in [1.82, 2.24) is 0 Å². The van der Waals surface area contributed by atoms with Crippen LogP contribution in [0.1, 0.15) is 12.5 Å². The minimum Gasteiger partial charge on any atom is -0.489 e. The zero-order valence-corrected chi connectivity index (χ0v) is 11.7. The van der Waals surface area contributed by atoms with Crippen molar-refractivity contribution in [3.05, 3.63) is 51.7 Å². The van der Waals surface area contributed by atoms with E-state index in [9.17, 15) is 0 Å². The first-order chi connectivity index (χ1) is 8.65. The molecule has 0 fully saturated rings. The third kappa shape index (κ3) is 3.73. The first kappa shape index (κ1) is 13.4. The highest BCUT2D eigenvalue weighted by atomic mass is 35.5. The molecule has 0 aliphatic heterocycles. The topological polar surface area (TPSA) is 35.2 Å². The normalized spacial score (nSPS) is 14.2. The summed E-state index contributed by atoms with van der Waals surface area (Å²) in [6, 6.07) is 9.45. The summed E-state index contributed by atoms with van der Waals surface area (Å²) in [5, 5.41) is 4.85. The number of benzene rings is 1. The summed E-state index contributed by atoms with van der Waals surface area (Å²) in [4.78, 5) is 0. The Bertz CT molecular complexity index is 486. The Morgan fingerprint density at radius 3 is 2.89 bits per heavy atom. The summed E-state index contributed by atoms with van der Waals surface area (Å²) in [6.45, 7) is 1.98. The lowest BCUT2D eigenvalue weighted by Crippen LogP contribution is -2.38. The van der Waals surface area contributed by atoms with E-state index in [1.807, 2.05) is 25.1 Å². The lowest BCUT2D eigenvalue weighted by Gasteiger charge is -2.21. The molecule has 96 valence electrons. The SMILES string of the molecule is CC(Oc1cccc(Cl)c1)C(N)Cc1ccsc1. The van der Waals surface area contributed by atoms with Gasteiger partial charge in [0.05, 0.1) is 0 Å². The smallest absolute Gasteiger partial charge is 0.121 e. The number of hydrogen-bond acceptors (Lipinski definition) is 3. The highest BCUT2D eigenvalue weighted by Gasteiger charge is 2.15. The Labute approximate surface area is 116 Å². The van der Waals surface area contributed by atoms with Crippen LogP contribution in [0.25, 0.3) is 0 Å². The van der Waals surface area contributed by atoms with Crippen LogP contribution >= 0.6 is 22.9 Å². The minimum atomic E-state index is -0.0524. The maximum atomic E-state index is 6.14. The predicted molar refractivity (Wildman–Crippen MR) is 77.5 cm³/mol. The van der Waals surface area contributed by atoms with Crippen LogP contribution in [-0.2, 0) is 6.42 Å². The maximum absolute atomic E-state index is 6.14. The largest absolute Gasteiger partial charge is 0.489 e. The number of hydrogen-bond donors (Lipinski definition) is 1. The van der Waals surface area contributed by atoms with Crippen LogP contribution in [0.5, 0.6) is 5.75 Å². The molecule has 1 aromatic carbocycles. The van der Waals surface area contributed by atoms with Crippen LogP contribution in [-0.4, -0.2) is 12.1 Å². The molecule has 0 bridgehead atoms. The predicted octanol–water partition coefficient (Wildman–Crippen LogP) is 3.74. The highest BCUT2D eigenvalue weighted by Crippen LogP contribution is 2.19. The molecule has 0 radical (unpaired) electrons. The van der Waals surface area contributed by atoms with E-state index in [2.05, 4.69) is 16.8 Å². The van der Waals surface area contributed by atoms with Gasteiger partial charge in [-0.25, -0.2) is 0 Å². The molecule has 0 amide bonds. The second-order valence-electron chi connectivity index (χ2n) is 4.28. The van der Waals surface area contributed by atoms with Crippen molar-refractivity contribution in [2.45, 2.75) is 25.5 Å². The van der Waals surface area contributed by atoms with Gasteiger partial charge in [0.25, 0.3) is 0 Å². The molecule has 2 nitrogen and oxygen atoms in total. The van der Waals surface area contributed by atoms with Crippen molar-refractivity contribution in [3.63, 3.8) is 0 Å². The second kappa shape index (κ2) is 6.23. The number of ether oxygens (including phenoxy) is 1. The van der Waals surface area contributed by atoms with Gasteiger partial charge in [-0.05, 0) is 53.9 Å². The zero-order valence-electron chi connectivity index (χ0n) is 10.2. The molecule has 2 N–H and O–H groups in total. The fourth-order valence-corrected chi connectivity index (χ4v) is 2.55. The minimum absolute atomic E-state index is 0.0291. The van der Waals surface area contributed by atoms with Gasteiger partial charge >= 0.3 is 0 Å². The first-order valence-corrected chi connectivity index (χ1v) is 7.16. The van der Waals surface area contributed by atoms with E-state index in [0.717, 1.165) is 12.2 Å². The quantitative estimate of drug-likeness (QED) is 0.906. The Morgan fingerprint density at radius 2 is 2.22 bits per heavy atom. The van der Waals surface area contributed by atoms with Gasteiger partial charge in [0, 0.05) is 11.1 Å². The van der Waals surface area contributed by atoms with Crippen molar-refractivity contribution in [2.24, 2.45) is 5.73 Å². The van der Waals surface area contributed by atoms with E-state index in [0.29, 0.717) is 5.02 Å². The summed E-state index contributed by atoms with van der Waals surface area (Å²) in [5.74, 6) is 0.760. The van der Waals surface area contributed by atoms with Crippen LogP contribution in [0.2, 0.25) is 5.02 Å². The Morgan fingerprint density at radius 1 is 1.39 bits per heavy atom. The lowest BCUT2D eigenvalue weighted by molar-refractivity contribution is 0.189. The van der Waals surface area contributed by atoms with Crippen LogP contribution < -0.4 is 10.5 Å². The number of nitrogens with two attached hydrogens (primary N) is 1. The summed E-state index contributed by atoms with van der Waals surface area (Å²) in [5.41, 5.74) is 7.40. The molecular weight excluding hydrogens is 266 g/mol. The van der Waals surface area contributed by atoms with Gasteiger partial charge in [-0.2, -0.15) is 11.3 Å². The molecule has 4 heteroatoms. The van der Waals surface area contributed by atoms with Crippen LogP contribution in [0.4, 0.5) is 0 Å². The number of rotatable bonds is 5. The number of thiophene rings is 1. The molecule has 0 aliphatic carbocycles. The van der Waals surface area contributed by atoms with Crippen molar-refractivity contribution in [1.29, 1.82) is 0 Å². The molecule has 0 saturated heterocycles. The third-order valence-electron chi connectivity index (χ3n) is 2.77. The van der Waals surface area contributed by atoms with Crippen LogP contribution in [0.3, 0.4) is 0 Å². The Kier molecular flexibility index (Phi) is 4.64. The van der Waals surface area contributed by atoms with Gasteiger partial charge in [0.2, 0.25) is 0 Å². The van der Waals surface area contributed by atoms with Gasteiger partial charge in [0.1, 0.15) is 11.9 Å². The van der Waals surface area contributed by atoms with Gasteiger partial charge in [0.15, 0.2) is 0 Å². The van der Waals surface area contributed by atoms with Crippen molar-refractivity contribution >= 4 is 22.9 Å². The Hall–Kier alpha value is -1.03. The molecule has 1 aromatic heterocycles. The third-order valence-corrected chi connectivity index (χ3v) is 3.74. The van der Waals surface area contributed by atoms with E-state index in [4.69, 9.17) is 22.1 Å². The molecule has 1 heterocycles. The average Bonchev–Trinajstić information content (AvgIpc) is 2.81. The van der Waals surface area contributed by atoms with Gasteiger partial charge in [-0.3, -0.25) is 0 Å². The van der Waals surface area contributed by atoms with E-state index in [-0.39, 0.29) is 12.1 Å². The maximum Gasteiger partial charge on any atom is 0.121 e. The monoisotopic (exact) mass is 281 g/mol. The summed E-state index contributed by atoms with van der Waals surface area (Å²) >= 11 is 7.60. The fourth-order valence-electron chi connectivity index (χ4n) is 1.69. The second-order valence-corrected chi connectivity index (χ2v) is 5.50. The van der Waals surface area contributed by atoms with E-state index in [1.54, 1.807) is 17.4 Å². The Balaban J connectivity index is 1.93. The molecule has 2 rings (SSSR count). The van der Waals surface area contributed by atoms with Crippen LogP contribution in [0.15, 0.2) is 41.1 Å². The standard InChI is InChI=1S/C14H16ClNOS/c1-10(14(16)7-11-5-6-18-9-11)17-13-4-2-3-12(15)8-13/h2-6,8-10,14H,7,16H2,1H3. The van der Waals surface area contributed by atoms with E-state index >= 15 is 0 Å². The molecule has 0 saturated carbocycles. The van der Waals surface area contributed by atoms with Crippen LogP contribution in [0, 0.1) is 0 Å². The van der Waals surface area contributed by atoms with Gasteiger partial charge in [-0.1, -0.05) is 17.7 Å². The molecular formula is C14H16ClNOS. The van der Waals surface area contributed by atoms with Crippen molar-refractivity contribution in [2.75, 3.05) is 0 Å². The average molecular weight is 282 g/mol. The molecule has 0 aliphatic rings. The number of halogens is 1. The highest BCUT2D eigenvalue weighted by molar-refractivity contribution is 7.07. The molecule has 0 spiro atoms. The zero-order chi connectivity index (χ0) is 13.0. The molecule has 18 heavy (non-hydrogen) atoms. The lowest BCUT2D eigenvalue weighted by atomic mass is 10.1. The summed E-state index contributed by atoms with van der Waals surface area (Å²) in [6.07, 6.45) is 0.772. The van der Waals surface area contributed by atoms with Crippen molar-refractivity contribution < 1.29 is 4.74 Å². The molecule has 2 atom stereocenters. The van der Waals surface area contributed by atoms with E-state index in [1.165, 1.54) is 5.56 Å². The summed E-state index contributed by atoms with van der Waals surface area (Å²) in [7, 11) is 0. The summed E-state index contributed by atoms with van der Waals surface area (Å²) < 4.78 is 5.80. The molecule has 2 aromatic rings. The van der Waals surface area contributed by atoms with E-state index < -0.39 is 0 Å². The van der Waals surface area contributed by atoms with Gasteiger partial charge < -0.3 is 10.5 Å². The fraction of sp³-hybridized carbons (Fsp3) is 0.286. The van der Waals surface area contributed by atoms with Gasteiger partial charge in [-0.15, -0.1) is 0 Å². The van der Waals surface area contributed by atoms with Crippen molar-refractivity contribution in [3.8, 4) is 5.75 Å².